The smallest absolute Gasteiger partial charge is 0.0672 e. The van der Waals surface area contributed by atoms with Gasteiger partial charge in [0.15, 0.2) is 0 Å². The van der Waals surface area contributed by atoms with Gasteiger partial charge in [-0.1, -0.05) is 19.1 Å². The topological polar surface area (TPSA) is 21.3 Å². The van der Waals surface area contributed by atoms with Crippen molar-refractivity contribution in [3.05, 3.63) is 12.2 Å². The molecule has 2 nitrogen and oxygen atoms in total. The first-order valence-corrected chi connectivity index (χ1v) is 5.93. The van der Waals surface area contributed by atoms with Crippen LogP contribution in [0, 0.1) is 0 Å². The minimum atomic E-state index is 0.686. The van der Waals surface area contributed by atoms with Gasteiger partial charge in [-0.15, -0.1) is 0 Å². The summed E-state index contributed by atoms with van der Waals surface area (Å²) in [5, 5.41) is 3.32. The summed E-state index contributed by atoms with van der Waals surface area (Å²) < 4.78 is 5.33. The van der Waals surface area contributed by atoms with E-state index in [0.29, 0.717) is 6.61 Å². The maximum absolute atomic E-state index is 5.33. The number of thioether (sulfide) groups is 1. The predicted molar refractivity (Wildman–Crippen MR) is 61.5 cm³/mol. The van der Waals surface area contributed by atoms with Crippen LogP contribution in [0.4, 0.5) is 0 Å². The van der Waals surface area contributed by atoms with Crippen molar-refractivity contribution in [2.75, 3.05) is 37.8 Å². The van der Waals surface area contributed by atoms with E-state index in [4.69, 9.17) is 4.74 Å². The van der Waals surface area contributed by atoms with E-state index in [2.05, 4.69) is 18.8 Å². The van der Waals surface area contributed by atoms with Crippen molar-refractivity contribution >= 4 is 11.8 Å². The Morgan fingerprint density at radius 1 is 1.46 bits per heavy atom. The molecule has 0 aromatic carbocycles. The van der Waals surface area contributed by atoms with Gasteiger partial charge in [0.2, 0.25) is 0 Å². The highest BCUT2D eigenvalue weighted by molar-refractivity contribution is 7.99. The lowest BCUT2D eigenvalue weighted by atomic mass is 10.4. The van der Waals surface area contributed by atoms with Gasteiger partial charge in [-0.2, -0.15) is 11.8 Å². The maximum atomic E-state index is 5.33. The molecule has 0 heterocycles. The van der Waals surface area contributed by atoms with Crippen LogP contribution >= 0.6 is 11.8 Å². The third-order valence-corrected chi connectivity index (χ3v) is 2.30. The van der Waals surface area contributed by atoms with Crippen molar-refractivity contribution in [3.63, 3.8) is 0 Å². The molecule has 0 atom stereocenters. The zero-order chi connectivity index (χ0) is 9.94. The third kappa shape index (κ3) is 12.0. The number of rotatable bonds is 9. The third-order valence-electron chi connectivity index (χ3n) is 1.40. The Kier molecular flexibility index (Phi) is 10.1. The van der Waals surface area contributed by atoms with Crippen molar-refractivity contribution < 1.29 is 4.74 Å². The van der Waals surface area contributed by atoms with Gasteiger partial charge in [0.05, 0.1) is 13.2 Å². The van der Waals surface area contributed by atoms with Crippen molar-refractivity contribution in [1.29, 1.82) is 0 Å². The van der Waals surface area contributed by atoms with Crippen molar-refractivity contribution in [2.45, 2.75) is 13.8 Å². The molecule has 0 aliphatic rings. The standard InChI is InChI=1S/C10H21NOS/c1-4-13-8-6-11-5-7-12-9-10(2)3/h11H,2,4-9H2,1,3H3. The molecule has 0 aliphatic carbocycles. The van der Waals surface area contributed by atoms with Crippen LogP contribution in [0.25, 0.3) is 0 Å². The summed E-state index contributed by atoms with van der Waals surface area (Å²) >= 11 is 1.96. The highest BCUT2D eigenvalue weighted by Gasteiger charge is 1.89. The lowest BCUT2D eigenvalue weighted by Gasteiger charge is -2.05. The second-order valence-corrected chi connectivity index (χ2v) is 4.35. The largest absolute Gasteiger partial charge is 0.376 e. The van der Waals surface area contributed by atoms with Gasteiger partial charge in [-0.25, -0.2) is 0 Å². The van der Waals surface area contributed by atoms with E-state index in [1.807, 2.05) is 18.7 Å². The summed E-state index contributed by atoms with van der Waals surface area (Å²) in [7, 11) is 0. The van der Waals surface area contributed by atoms with Gasteiger partial charge < -0.3 is 10.1 Å². The first-order chi connectivity index (χ1) is 6.27. The lowest BCUT2D eigenvalue weighted by molar-refractivity contribution is 0.158. The van der Waals surface area contributed by atoms with E-state index in [1.165, 1.54) is 11.5 Å². The fourth-order valence-corrected chi connectivity index (χ4v) is 1.38. The fraction of sp³-hybridized carbons (Fsp3) is 0.800. The molecule has 0 aromatic heterocycles. The van der Waals surface area contributed by atoms with Crippen LogP contribution < -0.4 is 5.32 Å². The molecule has 0 spiro atoms. The average molecular weight is 203 g/mol. The zero-order valence-electron chi connectivity index (χ0n) is 8.77. The molecule has 0 amide bonds. The van der Waals surface area contributed by atoms with Crippen LogP contribution in [0.2, 0.25) is 0 Å². The molecule has 78 valence electrons. The normalized spacial score (nSPS) is 10.3. The Morgan fingerprint density at radius 3 is 2.85 bits per heavy atom. The number of hydrogen-bond donors (Lipinski definition) is 1. The van der Waals surface area contributed by atoms with E-state index in [9.17, 15) is 0 Å². The number of hydrogen-bond acceptors (Lipinski definition) is 3. The Bertz CT molecular complexity index is 128. The Balaban J connectivity index is 2.87. The lowest BCUT2D eigenvalue weighted by Crippen LogP contribution is -2.22. The molecular weight excluding hydrogens is 182 g/mol. The molecule has 0 saturated heterocycles. The predicted octanol–water partition coefficient (Wildman–Crippen LogP) is 1.92. The van der Waals surface area contributed by atoms with Crippen molar-refractivity contribution in [1.82, 2.24) is 5.32 Å². The van der Waals surface area contributed by atoms with Crippen LogP contribution in [0.3, 0.4) is 0 Å². The second-order valence-electron chi connectivity index (χ2n) is 2.96. The highest BCUT2D eigenvalue weighted by Crippen LogP contribution is 1.94. The van der Waals surface area contributed by atoms with Gasteiger partial charge in [-0.05, 0) is 12.7 Å². The minimum absolute atomic E-state index is 0.686. The van der Waals surface area contributed by atoms with Crippen molar-refractivity contribution in [2.24, 2.45) is 0 Å². The number of ether oxygens (including phenoxy) is 1. The quantitative estimate of drug-likeness (QED) is 0.457. The van der Waals surface area contributed by atoms with Gasteiger partial charge in [0, 0.05) is 18.8 Å². The monoisotopic (exact) mass is 203 g/mol. The minimum Gasteiger partial charge on any atom is -0.376 e. The van der Waals surface area contributed by atoms with Gasteiger partial charge >= 0.3 is 0 Å². The Labute approximate surface area is 86.1 Å². The molecule has 0 radical (unpaired) electrons. The van der Waals surface area contributed by atoms with E-state index < -0.39 is 0 Å². The highest BCUT2D eigenvalue weighted by atomic mass is 32.2. The van der Waals surface area contributed by atoms with Crippen LogP contribution in [0.5, 0.6) is 0 Å². The van der Waals surface area contributed by atoms with Gasteiger partial charge in [0.25, 0.3) is 0 Å². The zero-order valence-corrected chi connectivity index (χ0v) is 9.58. The van der Waals surface area contributed by atoms with Crippen LogP contribution in [0.1, 0.15) is 13.8 Å². The molecule has 0 saturated carbocycles. The molecular formula is C10H21NOS. The van der Waals surface area contributed by atoms with Crippen LogP contribution in [-0.4, -0.2) is 37.8 Å². The van der Waals surface area contributed by atoms with E-state index >= 15 is 0 Å². The first-order valence-electron chi connectivity index (χ1n) is 4.78. The van der Waals surface area contributed by atoms with Crippen LogP contribution in [-0.2, 0) is 4.74 Å². The SMILES string of the molecule is C=C(C)COCCNCCSCC. The van der Waals surface area contributed by atoms with Gasteiger partial charge in [0.1, 0.15) is 0 Å². The van der Waals surface area contributed by atoms with Crippen LogP contribution in [0.15, 0.2) is 12.2 Å². The molecule has 0 bridgehead atoms. The van der Waals surface area contributed by atoms with E-state index in [0.717, 1.165) is 25.3 Å². The summed E-state index contributed by atoms with van der Waals surface area (Å²) in [5.41, 5.74) is 1.08. The first kappa shape index (κ1) is 13.0. The summed E-state index contributed by atoms with van der Waals surface area (Å²) in [6.07, 6.45) is 0. The number of nitrogens with one attached hydrogen (secondary N) is 1. The summed E-state index contributed by atoms with van der Waals surface area (Å²) in [5.74, 6) is 2.39. The molecule has 0 aromatic rings. The van der Waals surface area contributed by atoms with E-state index in [-0.39, 0.29) is 0 Å². The molecule has 3 heteroatoms. The molecule has 0 unspecified atom stereocenters. The molecule has 13 heavy (non-hydrogen) atoms. The molecule has 1 N–H and O–H groups in total. The fourth-order valence-electron chi connectivity index (χ4n) is 0.804. The average Bonchev–Trinajstić information content (AvgIpc) is 2.09. The molecule has 0 fully saturated rings. The molecule has 0 rings (SSSR count). The second kappa shape index (κ2) is 10.1. The Hall–Kier alpha value is 0.0100. The Morgan fingerprint density at radius 2 is 2.23 bits per heavy atom. The molecule has 0 aliphatic heterocycles. The maximum Gasteiger partial charge on any atom is 0.0672 e. The summed E-state index contributed by atoms with van der Waals surface area (Å²) in [6.45, 7) is 11.4. The van der Waals surface area contributed by atoms with Crippen molar-refractivity contribution in [3.8, 4) is 0 Å². The summed E-state index contributed by atoms with van der Waals surface area (Å²) in [4.78, 5) is 0. The van der Waals surface area contributed by atoms with Gasteiger partial charge in [-0.3, -0.25) is 0 Å². The van der Waals surface area contributed by atoms with E-state index in [1.54, 1.807) is 0 Å². The summed E-state index contributed by atoms with van der Waals surface area (Å²) in [6, 6.07) is 0.